The molecule has 0 aromatic heterocycles. The van der Waals surface area contributed by atoms with Crippen molar-refractivity contribution in [2.45, 2.75) is 4.90 Å². The van der Waals surface area contributed by atoms with Gasteiger partial charge in [0, 0.05) is 17.3 Å². The van der Waals surface area contributed by atoms with Crippen molar-refractivity contribution < 1.29 is 25.3 Å². The molecule has 0 unspecified atom stereocenters. The highest BCUT2D eigenvalue weighted by Crippen LogP contribution is 2.44. The molecule has 0 aliphatic carbocycles. The Balaban J connectivity index is 2.27. The van der Waals surface area contributed by atoms with E-state index < -0.39 is 23.2 Å². The van der Waals surface area contributed by atoms with Crippen LogP contribution in [0.1, 0.15) is 5.56 Å². The number of benzene rings is 2. The Hall–Kier alpha value is -2.84. The summed E-state index contributed by atoms with van der Waals surface area (Å²) in [6, 6.07) is 10.5. The summed E-state index contributed by atoms with van der Waals surface area (Å²) in [7, 11) is 0. The zero-order valence-corrected chi connectivity index (χ0v) is 12.5. The zero-order valence-electron chi connectivity index (χ0n) is 11.7. The summed E-state index contributed by atoms with van der Waals surface area (Å²) in [6.45, 7) is 0. The molecule has 6 N–H and O–H groups in total. The number of para-hydroxylation sites is 1. The van der Waals surface area contributed by atoms with E-state index >= 15 is 0 Å². The molecule has 0 aliphatic heterocycles. The number of carbonyl (C=O) groups is 1. The van der Waals surface area contributed by atoms with Crippen LogP contribution in [-0.4, -0.2) is 26.4 Å². The Kier molecular flexibility index (Phi) is 5.34. The highest BCUT2D eigenvalue weighted by atomic mass is 32.2. The molecule has 8 heteroatoms. The molecule has 0 heterocycles. The summed E-state index contributed by atoms with van der Waals surface area (Å²) in [4.78, 5) is 11.2. The molecule has 0 saturated carbocycles. The Morgan fingerprint density at radius 3 is 2.39 bits per heavy atom. The second-order valence-corrected chi connectivity index (χ2v) is 5.24. The lowest BCUT2D eigenvalue weighted by molar-refractivity contribution is -0.124. The van der Waals surface area contributed by atoms with E-state index in [1.54, 1.807) is 0 Å². The minimum Gasteiger partial charge on any atom is -0.504 e. The van der Waals surface area contributed by atoms with Gasteiger partial charge in [-0.1, -0.05) is 18.2 Å². The molecule has 2 rings (SSSR count). The summed E-state index contributed by atoms with van der Waals surface area (Å²) in [6.07, 6.45) is 2.15. The van der Waals surface area contributed by atoms with Gasteiger partial charge in [-0.3, -0.25) is 10.0 Å². The van der Waals surface area contributed by atoms with E-state index in [2.05, 4.69) is 4.72 Å². The molecule has 0 bridgehead atoms. The highest BCUT2D eigenvalue weighted by Gasteiger charge is 2.16. The predicted octanol–water partition coefficient (Wildman–Crippen LogP) is 2.44. The Labute approximate surface area is 136 Å². The number of anilines is 1. The maximum absolute atomic E-state index is 11.0. The quantitative estimate of drug-likeness (QED) is 0.163. The molecule has 0 aliphatic rings. The molecule has 0 fully saturated rings. The number of nitrogens with one attached hydrogen (secondary N) is 2. The van der Waals surface area contributed by atoms with Gasteiger partial charge in [0.2, 0.25) is 5.75 Å². The van der Waals surface area contributed by atoms with Crippen LogP contribution in [0, 0.1) is 0 Å². The van der Waals surface area contributed by atoms with Gasteiger partial charge in [-0.25, -0.2) is 5.48 Å². The molecule has 0 radical (unpaired) electrons. The van der Waals surface area contributed by atoms with Crippen LogP contribution in [0.4, 0.5) is 5.69 Å². The van der Waals surface area contributed by atoms with Gasteiger partial charge in [0.05, 0.1) is 4.90 Å². The number of amides is 1. The van der Waals surface area contributed by atoms with Crippen molar-refractivity contribution in [1.29, 1.82) is 0 Å². The molecule has 0 saturated heterocycles. The molecule has 120 valence electrons. The van der Waals surface area contributed by atoms with Crippen molar-refractivity contribution in [3.63, 3.8) is 0 Å². The van der Waals surface area contributed by atoms with E-state index in [1.165, 1.54) is 17.6 Å². The normalized spacial score (nSPS) is 10.7. The minimum atomic E-state index is -0.798. The van der Waals surface area contributed by atoms with Gasteiger partial charge >= 0.3 is 0 Å². The standard InChI is InChI=1S/C15H14N2O5S/c18-12(16-22)7-6-9-8-11(14(20)15(21)13(9)19)23-17-10-4-2-1-3-5-10/h1-8,17,19-22H,(H,16,18)/b7-6+. The van der Waals surface area contributed by atoms with Gasteiger partial charge < -0.3 is 20.0 Å². The van der Waals surface area contributed by atoms with Crippen molar-refractivity contribution in [3.05, 3.63) is 48.0 Å². The van der Waals surface area contributed by atoms with Crippen LogP contribution in [-0.2, 0) is 4.79 Å². The van der Waals surface area contributed by atoms with Gasteiger partial charge in [-0.05, 0) is 36.2 Å². The lowest BCUT2D eigenvalue weighted by atomic mass is 10.1. The molecule has 2 aromatic carbocycles. The fourth-order valence-corrected chi connectivity index (χ4v) is 2.41. The third-order valence-electron chi connectivity index (χ3n) is 2.82. The third-order valence-corrected chi connectivity index (χ3v) is 3.69. The summed E-state index contributed by atoms with van der Waals surface area (Å²) in [5.41, 5.74) is 2.28. The van der Waals surface area contributed by atoms with Crippen LogP contribution in [0.3, 0.4) is 0 Å². The van der Waals surface area contributed by atoms with E-state index in [9.17, 15) is 20.1 Å². The van der Waals surface area contributed by atoms with Crippen LogP contribution in [0.5, 0.6) is 17.2 Å². The fourth-order valence-electron chi connectivity index (χ4n) is 1.67. The summed E-state index contributed by atoms with van der Waals surface area (Å²) in [5, 5.41) is 37.9. The first-order valence-electron chi connectivity index (χ1n) is 6.41. The van der Waals surface area contributed by atoms with Crippen LogP contribution in [0.25, 0.3) is 6.08 Å². The number of rotatable bonds is 5. The first-order chi connectivity index (χ1) is 11.0. The van der Waals surface area contributed by atoms with Crippen LogP contribution >= 0.6 is 11.9 Å². The largest absolute Gasteiger partial charge is 0.504 e. The van der Waals surface area contributed by atoms with E-state index in [0.717, 1.165) is 23.7 Å². The van der Waals surface area contributed by atoms with Gasteiger partial charge in [-0.15, -0.1) is 0 Å². The van der Waals surface area contributed by atoms with Crippen molar-refractivity contribution >= 4 is 29.6 Å². The van der Waals surface area contributed by atoms with E-state index in [-0.39, 0.29) is 10.5 Å². The number of phenolic OH excluding ortho intramolecular Hbond substituents is 3. The second kappa shape index (κ2) is 7.43. The summed E-state index contributed by atoms with van der Waals surface area (Å²) < 4.78 is 2.97. The molecular weight excluding hydrogens is 320 g/mol. The van der Waals surface area contributed by atoms with Crippen LogP contribution < -0.4 is 10.2 Å². The van der Waals surface area contributed by atoms with Crippen LogP contribution in [0.15, 0.2) is 47.4 Å². The smallest absolute Gasteiger partial charge is 0.267 e. The van der Waals surface area contributed by atoms with Gasteiger partial charge in [0.15, 0.2) is 11.5 Å². The number of hydrogen-bond acceptors (Lipinski definition) is 7. The predicted molar refractivity (Wildman–Crippen MR) is 86.3 cm³/mol. The Bertz CT molecular complexity index is 734. The number of carbonyl (C=O) groups excluding carboxylic acids is 1. The van der Waals surface area contributed by atoms with E-state index in [0.29, 0.717) is 0 Å². The highest BCUT2D eigenvalue weighted by molar-refractivity contribution is 8.00. The first-order valence-corrected chi connectivity index (χ1v) is 7.22. The average Bonchev–Trinajstić information content (AvgIpc) is 2.58. The maximum atomic E-state index is 11.0. The first kappa shape index (κ1) is 16.5. The van der Waals surface area contributed by atoms with Crippen molar-refractivity contribution in [2.75, 3.05) is 4.72 Å². The molecule has 1 amide bonds. The summed E-state index contributed by atoms with van der Waals surface area (Å²) in [5.74, 6) is -2.56. The average molecular weight is 334 g/mol. The summed E-state index contributed by atoms with van der Waals surface area (Å²) >= 11 is 1.02. The lowest BCUT2D eigenvalue weighted by Crippen LogP contribution is -2.14. The fraction of sp³-hybridized carbons (Fsp3) is 0. The number of phenols is 3. The molecule has 23 heavy (non-hydrogen) atoms. The SMILES string of the molecule is O=C(/C=C/c1cc(SNc2ccccc2)c(O)c(O)c1O)NO. The molecule has 7 nitrogen and oxygen atoms in total. The Morgan fingerprint density at radius 2 is 1.74 bits per heavy atom. The van der Waals surface area contributed by atoms with E-state index in [1.807, 2.05) is 30.3 Å². The number of hydroxylamine groups is 1. The van der Waals surface area contributed by atoms with Gasteiger partial charge in [-0.2, -0.15) is 0 Å². The van der Waals surface area contributed by atoms with Crippen molar-refractivity contribution in [3.8, 4) is 17.2 Å². The van der Waals surface area contributed by atoms with Crippen LogP contribution in [0.2, 0.25) is 0 Å². The van der Waals surface area contributed by atoms with Gasteiger partial charge in [0.1, 0.15) is 0 Å². The second-order valence-electron chi connectivity index (χ2n) is 4.39. The number of hydrogen-bond donors (Lipinski definition) is 6. The number of aromatic hydroxyl groups is 3. The minimum absolute atomic E-state index is 0.0984. The lowest BCUT2D eigenvalue weighted by Gasteiger charge is -2.11. The maximum Gasteiger partial charge on any atom is 0.267 e. The molecule has 0 spiro atoms. The molecule has 0 atom stereocenters. The van der Waals surface area contributed by atoms with Gasteiger partial charge in [0.25, 0.3) is 5.91 Å². The Morgan fingerprint density at radius 1 is 1.04 bits per heavy atom. The monoisotopic (exact) mass is 334 g/mol. The van der Waals surface area contributed by atoms with Crippen molar-refractivity contribution in [2.24, 2.45) is 0 Å². The third kappa shape index (κ3) is 4.09. The molecule has 2 aromatic rings. The van der Waals surface area contributed by atoms with Crippen molar-refractivity contribution in [1.82, 2.24) is 5.48 Å². The van der Waals surface area contributed by atoms with E-state index in [4.69, 9.17) is 5.21 Å². The molecular formula is C15H14N2O5S. The topological polar surface area (TPSA) is 122 Å². The zero-order chi connectivity index (χ0) is 16.8.